The lowest BCUT2D eigenvalue weighted by molar-refractivity contribution is -0.151. The zero-order valence-electron chi connectivity index (χ0n) is 11.8. The van der Waals surface area contributed by atoms with Gasteiger partial charge in [-0.25, -0.2) is 0 Å². The van der Waals surface area contributed by atoms with Gasteiger partial charge in [0.1, 0.15) is 0 Å². The summed E-state index contributed by atoms with van der Waals surface area (Å²) in [4.78, 5) is 16.7. The number of hydroxylamine groups is 1. The molecule has 6 heteroatoms. The monoisotopic (exact) mass is 275 g/mol. The number of nitrogens with one attached hydrogen (secondary N) is 1. The molecule has 0 unspecified atom stereocenters. The molecule has 1 aliphatic rings. The SMILES string of the molecule is CCOC(=O)C1CCC(O)(CNOCCOC)CC1. The number of hydrogen-bond acceptors (Lipinski definition) is 6. The fraction of sp³-hybridized carbons (Fsp3) is 0.923. The number of aliphatic hydroxyl groups is 1. The lowest BCUT2D eigenvalue weighted by Gasteiger charge is -2.35. The third-order valence-electron chi connectivity index (χ3n) is 3.43. The molecule has 0 radical (unpaired) electrons. The number of carbonyl (C=O) groups excluding carboxylic acids is 1. The third-order valence-corrected chi connectivity index (χ3v) is 3.43. The van der Waals surface area contributed by atoms with Crippen LogP contribution in [0, 0.1) is 5.92 Å². The van der Waals surface area contributed by atoms with Gasteiger partial charge in [-0.1, -0.05) is 0 Å². The first-order valence-corrected chi connectivity index (χ1v) is 6.84. The van der Waals surface area contributed by atoms with Crippen molar-refractivity contribution < 1.29 is 24.2 Å². The highest BCUT2D eigenvalue weighted by Gasteiger charge is 2.36. The zero-order valence-corrected chi connectivity index (χ0v) is 11.8. The molecular formula is C13H25NO5. The first-order valence-electron chi connectivity index (χ1n) is 6.84. The Hall–Kier alpha value is -0.690. The Morgan fingerprint density at radius 1 is 1.37 bits per heavy atom. The summed E-state index contributed by atoms with van der Waals surface area (Å²) in [6.07, 6.45) is 2.48. The van der Waals surface area contributed by atoms with Crippen LogP contribution in [0.15, 0.2) is 0 Å². The molecule has 0 atom stereocenters. The Balaban J connectivity index is 2.21. The molecule has 112 valence electrons. The highest BCUT2D eigenvalue weighted by Crippen LogP contribution is 2.32. The number of rotatable bonds is 8. The van der Waals surface area contributed by atoms with Gasteiger partial charge in [0, 0.05) is 13.7 Å². The molecule has 19 heavy (non-hydrogen) atoms. The normalized spacial score (nSPS) is 27.2. The largest absolute Gasteiger partial charge is 0.466 e. The topological polar surface area (TPSA) is 77.0 Å². The van der Waals surface area contributed by atoms with Crippen molar-refractivity contribution in [3.05, 3.63) is 0 Å². The molecule has 0 aliphatic heterocycles. The van der Waals surface area contributed by atoms with Crippen LogP contribution in [-0.4, -0.2) is 50.2 Å². The second kappa shape index (κ2) is 8.47. The van der Waals surface area contributed by atoms with E-state index in [1.807, 2.05) is 0 Å². The molecule has 2 N–H and O–H groups in total. The smallest absolute Gasteiger partial charge is 0.308 e. The van der Waals surface area contributed by atoms with Crippen LogP contribution in [0.1, 0.15) is 32.6 Å². The second-order valence-electron chi connectivity index (χ2n) is 4.91. The summed E-state index contributed by atoms with van der Waals surface area (Å²) in [5, 5.41) is 10.3. The molecule has 6 nitrogen and oxygen atoms in total. The standard InChI is InChI=1S/C13H25NO5/c1-3-18-12(15)11-4-6-13(16,7-5-11)10-14-19-9-8-17-2/h11,14,16H,3-10H2,1-2H3. The number of carbonyl (C=O) groups is 1. The van der Waals surface area contributed by atoms with Crippen LogP contribution < -0.4 is 5.48 Å². The van der Waals surface area contributed by atoms with Crippen molar-refractivity contribution in [3.8, 4) is 0 Å². The van der Waals surface area contributed by atoms with Crippen molar-refractivity contribution in [2.45, 2.75) is 38.2 Å². The van der Waals surface area contributed by atoms with E-state index in [1.54, 1.807) is 14.0 Å². The second-order valence-corrected chi connectivity index (χ2v) is 4.91. The summed E-state index contributed by atoms with van der Waals surface area (Å²) in [6.45, 7) is 3.54. The van der Waals surface area contributed by atoms with Crippen molar-refractivity contribution in [2.24, 2.45) is 5.92 Å². The Kier molecular flexibility index (Phi) is 7.30. The van der Waals surface area contributed by atoms with Crippen molar-refractivity contribution in [2.75, 3.05) is 33.5 Å². The van der Waals surface area contributed by atoms with Gasteiger partial charge in [0.2, 0.25) is 0 Å². The number of hydrogen-bond donors (Lipinski definition) is 2. The fourth-order valence-electron chi connectivity index (χ4n) is 2.21. The summed E-state index contributed by atoms with van der Waals surface area (Å²) in [5.74, 6) is -0.219. The molecule has 0 aromatic rings. The van der Waals surface area contributed by atoms with Crippen LogP contribution in [0.25, 0.3) is 0 Å². The van der Waals surface area contributed by atoms with Crippen molar-refractivity contribution in [1.82, 2.24) is 5.48 Å². The Morgan fingerprint density at radius 3 is 2.63 bits per heavy atom. The molecule has 0 spiro atoms. The first kappa shape index (κ1) is 16.4. The molecule has 0 aromatic carbocycles. The van der Waals surface area contributed by atoms with Gasteiger partial charge >= 0.3 is 5.97 Å². The number of methoxy groups -OCH3 is 1. The van der Waals surface area contributed by atoms with Gasteiger partial charge in [0.25, 0.3) is 0 Å². The number of ether oxygens (including phenoxy) is 2. The van der Waals surface area contributed by atoms with E-state index in [2.05, 4.69) is 5.48 Å². The predicted molar refractivity (Wildman–Crippen MR) is 69.4 cm³/mol. The molecule has 0 heterocycles. The van der Waals surface area contributed by atoms with Crippen LogP contribution in [0.2, 0.25) is 0 Å². The molecule has 1 rings (SSSR count). The Bertz CT molecular complexity index is 264. The molecule has 1 saturated carbocycles. The van der Waals surface area contributed by atoms with Crippen LogP contribution in [0.5, 0.6) is 0 Å². The van der Waals surface area contributed by atoms with Crippen molar-refractivity contribution in [3.63, 3.8) is 0 Å². The van der Waals surface area contributed by atoms with Gasteiger partial charge in [-0.2, -0.15) is 5.48 Å². The van der Waals surface area contributed by atoms with E-state index < -0.39 is 5.60 Å². The van der Waals surface area contributed by atoms with Crippen LogP contribution >= 0.6 is 0 Å². The Morgan fingerprint density at radius 2 is 2.05 bits per heavy atom. The summed E-state index contributed by atoms with van der Waals surface area (Å²) in [6, 6.07) is 0. The molecular weight excluding hydrogens is 250 g/mol. The van der Waals surface area contributed by atoms with Crippen LogP contribution in [0.3, 0.4) is 0 Å². The predicted octanol–water partition coefficient (Wildman–Crippen LogP) is 0.638. The van der Waals surface area contributed by atoms with E-state index in [0.29, 0.717) is 52.0 Å². The van der Waals surface area contributed by atoms with Gasteiger partial charge in [0.05, 0.1) is 31.3 Å². The van der Waals surface area contributed by atoms with E-state index in [1.165, 1.54) is 0 Å². The molecule has 1 aliphatic carbocycles. The lowest BCUT2D eigenvalue weighted by Crippen LogP contribution is -2.44. The van der Waals surface area contributed by atoms with Crippen LogP contribution in [0.4, 0.5) is 0 Å². The first-order chi connectivity index (χ1) is 9.11. The van der Waals surface area contributed by atoms with Crippen molar-refractivity contribution in [1.29, 1.82) is 0 Å². The minimum absolute atomic E-state index is 0.0744. The van der Waals surface area contributed by atoms with Gasteiger partial charge in [0.15, 0.2) is 0 Å². The summed E-state index contributed by atoms with van der Waals surface area (Å²) in [5.41, 5.74) is 1.96. The van der Waals surface area contributed by atoms with Crippen LogP contribution in [-0.2, 0) is 19.1 Å². The molecule has 0 bridgehead atoms. The van der Waals surface area contributed by atoms with E-state index in [9.17, 15) is 9.90 Å². The Labute approximate surface area is 114 Å². The lowest BCUT2D eigenvalue weighted by atomic mass is 9.79. The minimum atomic E-state index is -0.796. The van der Waals surface area contributed by atoms with E-state index in [-0.39, 0.29) is 11.9 Å². The van der Waals surface area contributed by atoms with E-state index in [4.69, 9.17) is 14.3 Å². The fourth-order valence-corrected chi connectivity index (χ4v) is 2.21. The van der Waals surface area contributed by atoms with E-state index in [0.717, 1.165) is 0 Å². The maximum absolute atomic E-state index is 11.6. The summed E-state index contributed by atoms with van der Waals surface area (Å²) >= 11 is 0. The maximum atomic E-state index is 11.6. The maximum Gasteiger partial charge on any atom is 0.308 e. The average Bonchev–Trinajstić information content (AvgIpc) is 2.39. The highest BCUT2D eigenvalue weighted by molar-refractivity contribution is 5.72. The summed E-state index contributed by atoms with van der Waals surface area (Å²) < 4.78 is 9.84. The minimum Gasteiger partial charge on any atom is -0.466 e. The average molecular weight is 275 g/mol. The van der Waals surface area contributed by atoms with Gasteiger partial charge in [-0.05, 0) is 32.6 Å². The molecule has 0 amide bonds. The highest BCUT2D eigenvalue weighted by atomic mass is 16.7. The summed E-state index contributed by atoms with van der Waals surface area (Å²) in [7, 11) is 1.60. The molecule has 0 aromatic heterocycles. The third kappa shape index (κ3) is 5.86. The molecule has 1 fully saturated rings. The molecule has 0 saturated heterocycles. The van der Waals surface area contributed by atoms with Gasteiger partial charge < -0.3 is 14.6 Å². The van der Waals surface area contributed by atoms with E-state index >= 15 is 0 Å². The number of esters is 1. The quantitative estimate of drug-likeness (QED) is 0.384. The zero-order chi connectivity index (χ0) is 14.1. The van der Waals surface area contributed by atoms with Gasteiger partial charge in [-0.3, -0.25) is 9.63 Å². The van der Waals surface area contributed by atoms with Crippen molar-refractivity contribution >= 4 is 5.97 Å². The van der Waals surface area contributed by atoms with Gasteiger partial charge in [-0.15, -0.1) is 0 Å².